The van der Waals surface area contributed by atoms with Gasteiger partial charge in [-0.05, 0) is 49.2 Å². The predicted octanol–water partition coefficient (Wildman–Crippen LogP) is 4.17. The van der Waals surface area contributed by atoms with Crippen molar-refractivity contribution in [3.63, 3.8) is 0 Å². The Morgan fingerprint density at radius 3 is 2.69 bits per heavy atom. The van der Waals surface area contributed by atoms with Crippen LogP contribution in [0.1, 0.15) is 22.8 Å². The van der Waals surface area contributed by atoms with E-state index in [0.717, 1.165) is 5.56 Å². The third kappa shape index (κ3) is 3.67. The zero-order valence-electron chi connectivity index (χ0n) is 14.5. The monoisotopic (exact) mass is 349 g/mol. The van der Waals surface area contributed by atoms with E-state index in [1.54, 1.807) is 42.5 Å². The van der Waals surface area contributed by atoms with Crippen LogP contribution >= 0.6 is 0 Å². The number of carbonyl (C=O) groups excluding carboxylic acids is 1. The third-order valence-corrected chi connectivity index (χ3v) is 3.87. The van der Waals surface area contributed by atoms with Crippen molar-refractivity contribution >= 4 is 22.6 Å². The summed E-state index contributed by atoms with van der Waals surface area (Å²) in [6.07, 6.45) is 2.32. The van der Waals surface area contributed by atoms with E-state index >= 15 is 0 Å². The molecule has 0 atom stereocenters. The summed E-state index contributed by atoms with van der Waals surface area (Å²) in [6.45, 7) is 6.17. The lowest BCUT2D eigenvalue weighted by Gasteiger charge is -2.08. The summed E-state index contributed by atoms with van der Waals surface area (Å²) in [5.74, 6) is 0.199. The van der Waals surface area contributed by atoms with Crippen LogP contribution in [0.2, 0.25) is 0 Å². The van der Waals surface area contributed by atoms with Crippen molar-refractivity contribution in [2.45, 2.75) is 13.3 Å². The third-order valence-electron chi connectivity index (χ3n) is 3.87. The Labute approximate surface area is 150 Å². The van der Waals surface area contributed by atoms with Gasteiger partial charge in [0.25, 0.3) is 5.91 Å². The number of carbonyl (C=O) groups is 1. The predicted molar refractivity (Wildman–Crippen MR) is 102 cm³/mol. The number of para-hydroxylation sites is 1. The van der Waals surface area contributed by atoms with Crippen LogP contribution in [0.4, 0.5) is 5.69 Å². The highest BCUT2D eigenvalue weighted by Crippen LogP contribution is 2.20. The fourth-order valence-corrected chi connectivity index (χ4v) is 2.68. The molecule has 1 aromatic heterocycles. The topological polar surface area (TPSA) is 68.5 Å². The van der Waals surface area contributed by atoms with E-state index in [1.165, 1.54) is 0 Å². The fraction of sp³-hybridized carbons (Fsp3) is 0.143. The van der Waals surface area contributed by atoms with Crippen LogP contribution in [0.3, 0.4) is 0 Å². The Bertz CT molecular complexity index is 1000. The molecule has 0 spiro atoms. The molecule has 0 aliphatic carbocycles. The largest absolute Gasteiger partial charge is 0.494 e. The summed E-state index contributed by atoms with van der Waals surface area (Å²) in [4.78, 5) is 24.8. The second-order valence-corrected chi connectivity index (χ2v) is 5.69. The molecule has 0 aliphatic heterocycles. The molecule has 1 heterocycles. The van der Waals surface area contributed by atoms with Crippen molar-refractivity contribution in [3.05, 3.63) is 82.7 Å². The van der Waals surface area contributed by atoms with Crippen molar-refractivity contribution in [2.24, 2.45) is 0 Å². The minimum atomic E-state index is -0.669. The van der Waals surface area contributed by atoms with Gasteiger partial charge in [-0.1, -0.05) is 24.3 Å². The van der Waals surface area contributed by atoms with Gasteiger partial charge in [-0.15, -0.1) is 6.58 Å². The number of benzene rings is 2. The second kappa shape index (κ2) is 7.70. The number of fused-ring (bicyclic) bond motifs is 1. The standard InChI is InChI=1S/C21H19NO4/c1-3-6-14-7-5-8-15-13-18(21(24)26-19(14)15)20(23)22-16-9-11-17(12-10-16)25-4-2/h3,5,7-13H,1,4,6H2,2H3,(H,22,23). The molecule has 2 aromatic carbocycles. The Balaban J connectivity index is 1.89. The number of hydrogen-bond acceptors (Lipinski definition) is 4. The fourth-order valence-electron chi connectivity index (χ4n) is 2.68. The number of amides is 1. The maximum Gasteiger partial charge on any atom is 0.349 e. The van der Waals surface area contributed by atoms with Gasteiger partial charge in [0.05, 0.1) is 6.61 Å². The number of hydrogen-bond donors (Lipinski definition) is 1. The van der Waals surface area contributed by atoms with E-state index in [2.05, 4.69) is 11.9 Å². The van der Waals surface area contributed by atoms with E-state index < -0.39 is 11.5 Å². The van der Waals surface area contributed by atoms with E-state index in [-0.39, 0.29) is 5.56 Å². The van der Waals surface area contributed by atoms with Crippen molar-refractivity contribution < 1.29 is 13.9 Å². The van der Waals surface area contributed by atoms with Crippen LogP contribution in [-0.2, 0) is 6.42 Å². The zero-order chi connectivity index (χ0) is 18.5. The summed E-state index contributed by atoms with van der Waals surface area (Å²) < 4.78 is 10.8. The molecule has 5 nitrogen and oxygen atoms in total. The first-order chi connectivity index (χ1) is 12.6. The van der Waals surface area contributed by atoms with Gasteiger partial charge in [0.2, 0.25) is 0 Å². The summed E-state index contributed by atoms with van der Waals surface area (Å²) in [6, 6.07) is 14.0. The van der Waals surface area contributed by atoms with Gasteiger partial charge in [0.15, 0.2) is 0 Å². The summed E-state index contributed by atoms with van der Waals surface area (Å²) >= 11 is 0. The molecular formula is C21H19NO4. The molecule has 1 amide bonds. The van der Waals surface area contributed by atoms with Gasteiger partial charge < -0.3 is 14.5 Å². The highest BCUT2D eigenvalue weighted by Gasteiger charge is 2.15. The molecule has 26 heavy (non-hydrogen) atoms. The summed E-state index contributed by atoms with van der Waals surface area (Å²) in [5, 5.41) is 3.40. The van der Waals surface area contributed by atoms with E-state index in [0.29, 0.717) is 35.4 Å². The quantitative estimate of drug-likeness (QED) is 0.536. The van der Waals surface area contributed by atoms with Gasteiger partial charge in [-0.3, -0.25) is 4.79 Å². The molecule has 0 bridgehead atoms. The van der Waals surface area contributed by atoms with Gasteiger partial charge in [0, 0.05) is 11.1 Å². The molecule has 0 saturated carbocycles. The van der Waals surface area contributed by atoms with Crippen LogP contribution in [0.15, 0.2) is 70.4 Å². The molecule has 5 heteroatoms. The maximum atomic E-state index is 12.5. The second-order valence-electron chi connectivity index (χ2n) is 5.69. The minimum Gasteiger partial charge on any atom is -0.494 e. The molecule has 3 rings (SSSR count). The number of ether oxygens (including phenoxy) is 1. The number of rotatable bonds is 6. The lowest BCUT2D eigenvalue weighted by atomic mass is 10.1. The molecular weight excluding hydrogens is 330 g/mol. The summed E-state index contributed by atoms with van der Waals surface area (Å²) in [7, 11) is 0. The van der Waals surface area contributed by atoms with E-state index in [1.807, 2.05) is 19.1 Å². The Kier molecular flexibility index (Phi) is 5.17. The highest BCUT2D eigenvalue weighted by molar-refractivity contribution is 6.05. The molecule has 0 fully saturated rings. The number of nitrogens with one attached hydrogen (secondary N) is 1. The molecule has 0 radical (unpaired) electrons. The van der Waals surface area contributed by atoms with Gasteiger partial charge >= 0.3 is 5.63 Å². The van der Waals surface area contributed by atoms with Crippen molar-refractivity contribution in [1.82, 2.24) is 0 Å². The van der Waals surface area contributed by atoms with Crippen LogP contribution in [0, 0.1) is 0 Å². The van der Waals surface area contributed by atoms with Crippen LogP contribution < -0.4 is 15.7 Å². The molecule has 3 aromatic rings. The van der Waals surface area contributed by atoms with Gasteiger partial charge in [-0.25, -0.2) is 4.79 Å². The zero-order valence-corrected chi connectivity index (χ0v) is 14.5. The Hall–Kier alpha value is -3.34. The molecule has 132 valence electrons. The molecule has 0 unspecified atom stereocenters. The lowest BCUT2D eigenvalue weighted by Crippen LogP contribution is -2.20. The van der Waals surface area contributed by atoms with Crippen molar-refractivity contribution in [1.29, 1.82) is 0 Å². The minimum absolute atomic E-state index is 0.0397. The molecule has 1 N–H and O–H groups in total. The lowest BCUT2D eigenvalue weighted by molar-refractivity contribution is 0.102. The van der Waals surface area contributed by atoms with Crippen molar-refractivity contribution in [2.75, 3.05) is 11.9 Å². The first kappa shape index (κ1) is 17.5. The number of allylic oxidation sites excluding steroid dienone is 1. The van der Waals surface area contributed by atoms with E-state index in [9.17, 15) is 9.59 Å². The highest BCUT2D eigenvalue weighted by atomic mass is 16.5. The van der Waals surface area contributed by atoms with Crippen molar-refractivity contribution in [3.8, 4) is 5.75 Å². The van der Waals surface area contributed by atoms with Gasteiger partial charge in [0.1, 0.15) is 16.9 Å². The number of anilines is 1. The van der Waals surface area contributed by atoms with Crippen LogP contribution in [-0.4, -0.2) is 12.5 Å². The van der Waals surface area contributed by atoms with Crippen LogP contribution in [0.5, 0.6) is 5.75 Å². The van der Waals surface area contributed by atoms with E-state index in [4.69, 9.17) is 9.15 Å². The maximum absolute atomic E-state index is 12.5. The smallest absolute Gasteiger partial charge is 0.349 e. The Morgan fingerprint density at radius 2 is 2.00 bits per heavy atom. The Morgan fingerprint density at radius 1 is 1.23 bits per heavy atom. The normalized spacial score (nSPS) is 10.5. The summed E-state index contributed by atoms with van der Waals surface area (Å²) in [5.41, 5.74) is 1.20. The van der Waals surface area contributed by atoms with Crippen LogP contribution in [0.25, 0.3) is 11.0 Å². The average Bonchev–Trinajstić information content (AvgIpc) is 2.64. The van der Waals surface area contributed by atoms with Gasteiger partial charge in [-0.2, -0.15) is 0 Å². The first-order valence-electron chi connectivity index (χ1n) is 8.33. The molecule has 0 aliphatic rings. The first-order valence-corrected chi connectivity index (χ1v) is 8.33. The molecule has 0 saturated heterocycles. The SMILES string of the molecule is C=CCc1cccc2cc(C(=O)Nc3ccc(OCC)cc3)c(=O)oc12. The average molecular weight is 349 g/mol.